The van der Waals surface area contributed by atoms with E-state index >= 15 is 0 Å². The van der Waals surface area contributed by atoms with Gasteiger partial charge in [0, 0.05) is 56.3 Å². The molecule has 192 valence electrons. The number of amides is 1. The van der Waals surface area contributed by atoms with Crippen LogP contribution in [0.25, 0.3) is 11.0 Å². The van der Waals surface area contributed by atoms with Crippen LogP contribution in [0.15, 0.2) is 22.7 Å². The number of methoxy groups -OCH3 is 1. The third kappa shape index (κ3) is 6.12. The fourth-order valence-electron chi connectivity index (χ4n) is 6.15. The number of nitrogens with zero attached hydrogens (tertiary/aromatic N) is 3. The zero-order valence-electron chi connectivity index (χ0n) is 20.9. The Labute approximate surface area is 213 Å². The van der Waals surface area contributed by atoms with E-state index in [1.807, 2.05) is 18.2 Å². The first-order valence-corrected chi connectivity index (χ1v) is 13.8. The Kier molecular flexibility index (Phi) is 8.15. The zero-order chi connectivity index (χ0) is 24.2. The molecule has 2 aliphatic carbocycles. The van der Waals surface area contributed by atoms with Gasteiger partial charge in [-0.25, -0.2) is 0 Å². The number of rotatable bonds is 7. The molecule has 2 saturated carbocycles. The minimum absolute atomic E-state index is 0.186. The molecule has 0 unspecified atom stereocenters. The molecule has 1 amide bonds. The molecule has 2 heterocycles. The van der Waals surface area contributed by atoms with Crippen LogP contribution in [0, 0.1) is 11.8 Å². The molecule has 7 nitrogen and oxygen atoms in total. The lowest BCUT2D eigenvalue weighted by Gasteiger charge is -2.36. The standard InChI is InChI=1S/C27H39ClN4O3/c1-34-23-9-4-20(5-10-23)27(33)29-22-7-2-19(3-8-22)12-13-31-14-16-32(17-15-31)26-24-11-6-21(28)18-25(24)35-30-26/h6,11,18-20,22-23H,2-5,7-10,12-17H2,1H3,(H,29,33)/t19-,20?,22-,23?. The molecule has 3 aliphatic rings. The normalized spacial score (nSPS) is 28.3. The van der Waals surface area contributed by atoms with Crippen molar-refractivity contribution in [1.29, 1.82) is 0 Å². The first kappa shape index (κ1) is 24.8. The number of carbonyl (C=O) groups is 1. The van der Waals surface area contributed by atoms with E-state index in [2.05, 4.69) is 20.3 Å². The predicted molar refractivity (Wildman–Crippen MR) is 139 cm³/mol. The van der Waals surface area contributed by atoms with Crippen LogP contribution in [0.2, 0.25) is 5.02 Å². The van der Waals surface area contributed by atoms with Gasteiger partial charge in [-0.2, -0.15) is 0 Å². The average molecular weight is 503 g/mol. The monoisotopic (exact) mass is 502 g/mol. The number of aromatic nitrogens is 1. The highest BCUT2D eigenvalue weighted by atomic mass is 35.5. The minimum Gasteiger partial charge on any atom is -0.381 e. The van der Waals surface area contributed by atoms with Crippen molar-refractivity contribution in [1.82, 2.24) is 15.4 Å². The molecule has 0 spiro atoms. The highest BCUT2D eigenvalue weighted by molar-refractivity contribution is 6.31. The highest BCUT2D eigenvalue weighted by Crippen LogP contribution is 2.31. The lowest BCUT2D eigenvalue weighted by molar-refractivity contribution is -0.127. The predicted octanol–water partition coefficient (Wildman–Crippen LogP) is 4.87. The maximum absolute atomic E-state index is 12.7. The lowest BCUT2D eigenvalue weighted by atomic mass is 9.83. The van der Waals surface area contributed by atoms with Crippen LogP contribution in [-0.2, 0) is 9.53 Å². The minimum atomic E-state index is 0.186. The van der Waals surface area contributed by atoms with Crippen molar-refractivity contribution in [2.45, 2.75) is 69.9 Å². The van der Waals surface area contributed by atoms with Crippen molar-refractivity contribution in [3.63, 3.8) is 0 Å². The quantitative estimate of drug-likeness (QED) is 0.582. The van der Waals surface area contributed by atoms with Crippen molar-refractivity contribution in [2.24, 2.45) is 11.8 Å². The van der Waals surface area contributed by atoms with Gasteiger partial charge in [0.2, 0.25) is 5.91 Å². The number of nitrogens with one attached hydrogen (secondary N) is 1. The number of hydrogen-bond acceptors (Lipinski definition) is 6. The SMILES string of the molecule is COC1CCC(C(=O)N[C@H]2CC[C@H](CCN3CCN(c4noc5cc(Cl)ccc45)CC3)CC2)CC1. The Morgan fingerprint density at radius 3 is 2.54 bits per heavy atom. The molecule has 0 bridgehead atoms. The molecule has 1 aliphatic heterocycles. The summed E-state index contributed by atoms with van der Waals surface area (Å²) >= 11 is 6.07. The molecule has 3 fully saturated rings. The third-order valence-electron chi connectivity index (χ3n) is 8.51. The van der Waals surface area contributed by atoms with E-state index in [0.29, 0.717) is 17.2 Å². The summed E-state index contributed by atoms with van der Waals surface area (Å²) in [5, 5.41) is 9.38. The van der Waals surface area contributed by atoms with Gasteiger partial charge < -0.3 is 19.5 Å². The summed E-state index contributed by atoms with van der Waals surface area (Å²) in [5.41, 5.74) is 0.750. The Balaban J connectivity index is 0.995. The van der Waals surface area contributed by atoms with Crippen molar-refractivity contribution in [3.8, 4) is 0 Å². The summed E-state index contributed by atoms with van der Waals surface area (Å²) in [6.07, 6.45) is 10.3. The second kappa shape index (κ2) is 11.5. The van der Waals surface area contributed by atoms with E-state index in [9.17, 15) is 4.79 Å². The van der Waals surface area contributed by atoms with Gasteiger partial charge in [0.1, 0.15) is 0 Å². The van der Waals surface area contributed by atoms with E-state index in [4.69, 9.17) is 20.9 Å². The van der Waals surface area contributed by atoms with Gasteiger partial charge in [-0.15, -0.1) is 0 Å². The van der Waals surface area contributed by atoms with Gasteiger partial charge in [0.15, 0.2) is 11.4 Å². The first-order valence-electron chi connectivity index (χ1n) is 13.4. The fraction of sp³-hybridized carbons (Fsp3) is 0.704. The van der Waals surface area contributed by atoms with Crippen molar-refractivity contribution in [3.05, 3.63) is 23.2 Å². The van der Waals surface area contributed by atoms with Gasteiger partial charge >= 0.3 is 0 Å². The van der Waals surface area contributed by atoms with Crippen LogP contribution < -0.4 is 10.2 Å². The average Bonchev–Trinajstić information content (AvgIpc) is 3.31. The Morgan fingerprint density at radius 2 is 1.83 bits per heavy atom. The molecule has 35 heavy (non-hydrogen) atoms. The number of carbonyl (C=O) groups excluding carboxylic acids is 1. The van der Waals surface area contributed by atoms with Crippen LogP contribution >= 0.6 is 11.6 Å². The summed E-state index contributed by atoms with van der Waals surface area (Å²) in [4.78, 5) is 17.6. The first-order chi connectivity index (χ1) is 17.1. The highest BCUT2D eigenvalue weighted by Gasteiger charge is 2.29. The molecule has 0 atom stereocenters. The van der Waals surface area contributed by atoms with Gasteiger partial charge in [0.25, 0.3) is 0 Å². The molecule has 5 rings (SSSR count). The number of piperazine rings is 1. The maximum atomic E-state index is 12.7. The summed E-state index contributed by atoms with van der Waals surface area (Å²) < 4.78 is 10.9. The number of halogens is 1. The molecular formula is C27H39ClN4O3. The number of fused-ring (bicyclic) bond motifs is 1. The summed E-state index contributed by atoms with van der Waals surface area (Å²) in [6, 6.07) is 6.10. The largest absolute Gasteiger partial charge is 0.381 e. The smallest absolute Gasteiger partial charge is 0.223 e. The van der Waals surface area contributed by atoms with Gasteiger partial charge in [0.05, 0.1) is 11.5 Å². The lowest BCUT2D eigenvalue weighted by Crippen LogP contribution is -2.47. The molecule has 1 aromatic heterocycles. The van der Waals surface area contributed by atoms with Gasteiger partial charge in [-0.05, 0) is 82.4 Å². The summed E-state index contributed by atoms with van der Waals surface area (Å²) in [5.74, 6) is 2.18. The topological polar surface area (TPSA) is 70.8 Å². The Hall–Kier alpha value is -1.83. The second-order valence-electron chi connectivity index (χ2n) is 10.7. The van der Waals surface area contributed by atoms with E-state index in [1.54, 1.807) is 7.11 Å². The fourth-order valence-corrected chi connectivity index (χ4v) is 6.31. The Bertz CT molecular complexity index is 974. The molecular weight excluding hydrogens is 464 g/mol. The van der Waals surface area contributed by atoms with E-state index < -0.39 is 0 Å². The van der Waals surface area contributed by atoms with Crippen LogP contribution in [0.5, 0.6) is 0 Å². The summed E-state index contributed by atoms with van der Waals surface area (Å²) in [7, 11) is 1.78. The molecule has 8 heteroatoms. The van der Waals surface area contributed by atoms with E-state index in [-0.39, 0.29) is 11.8 Å². The van der Waals surface area contributed by atoms with Crippen LogP contribution in [0.3, 0.4) is 0 Å². The van der Waals surface area contributed by atoms with Crippen molar-refractivity contribution >= 4 is 34.3 Å². The maximum Gasteiger partial charge on any atom is 0.223 e. The molecule has 0 radical (unpaired) electrons. The second-order valence-corrected chi connectivity index (χ2v) is 11.1. The van der Waals surface area contributed by atoms with Crippen LogP contribution in [-0.4, -0.2) is 67.9 Å². The number of benzene rings is 1. The van der Waals surface area contributed by atoms with Gasteiger partial charge in [-0.3, -0.25) is 9.69 Å². The molecule has 1 N–H and O–H groups in total. The number of ether oxygens (including phenoxy) is 1. The molecule has 1 saturated heterocycles. The third-order valence-corrected chi connectivity index (χ3v) is 8.75. The van der Waals surface area contributed by atoms with Crippen molar-refractivity contribution in [2.75, 3.05) is 44.7 Å². The zero-order valence-corrected chi connectivity index (χ0v) is 21.6. The van der Waals surface area contributed by atoms with E-state index in [1.165, 1.54) is 19.3 Å². The number of anilines is 1. The molecule has 2 aromatic rings. The van der Waals surface area contributed by atoms with Crippen LogP contribution in [0.4, 0.5) is 5.82 Å². The van der Waals surface area contributed by atoms with Gasteiger partial charge in [-0.1, -0.05) is 16.8 Å². The number of hydrogen-bond donors (Lipinski definition) is 1. The Morgan fingerprint density at radius 1 is 1.09 bits per heavy atom. The molecule has 1 aromatic carbocycles. The van der Waals surface area contributed by atoms with E-state index in [0.717, 1.165) is 94.0 Å². The summed E-state index contributed by atoms with van der Waals surface area (Å²) in [6.45, 7) is 5.20. The van der Waals surface area contributed by atoms with Crippen molar-refractivity contribution < 1.29 is 14.1 Å². The van der Waals surface area contributed by atoms with Crippen LogP contribution in [0.1, 0.15) is 57.8 Å².